The molecular formula is C13H24N2O4. The Morgan fingerprint density at radius 3 is 2.53 bits per heavy atom. The number of urea groups is 1. The predicted octanol–water partition coefficient (Wildman–Crippen LogP) is 1.04. The fourth-order valence-corrected chi connectivity index (χ4v) is 2.43. The largest absolute Gasteiger partial charge is 0.481 e. The Balaban J connectivity index is 2.46. The first-order valence-electron chi connectivity index (χ1n) is 6.86. The zero-order valence-electron chi connectivity index (χ0n) is 11.6. The monoisotopic (exact) mass is 272 g/mol. The molecule has 1 aliphatic rings. The molecule has 3 N–H and O–H groups in total. The smallest absolute Gasteiger partial charge is 0.317 e. The zero-order valence-corrected chi connectivity index (χ0v) is 11.6. The summed E-state index contributed by atoms with van der Waals surface area (Å²) >= 11 is 0. The molecule has 0 aromatic carbocycles. The fraction of sp³-hybridized carbons (Fsp3) is 0.846. The second kappa shape index (κ2) is 7.33. The third-order valence-corrected chi connectivity index (χ3v) is 3.55. The minimum absolute atomic E-state index is 0.0519. The third kappa shape index (κ3) is 4.70. The Labute approximate surface area is 113 Å². The maximum atomic E-state index is 12.1. The highest BCUT2D eigenvalue weighted by Crippen LogP contribution is 2.25. The lowest BCUT2D eigenvalue weighted by Gasteiger charge is -2.28. The molecule has 1 aliphatic carbocycles. The fourth-order valence-electron chi connectivity index (χ4n) is 2.43. The number of nitrogens with one attached hydrogen (secondary N) is 1. The van der Waals surface area contributed by atoms with E-state index in [1.165, 1.54) is 0 Å². The molecule has 6 nitrogen and oxygen atoms in total. The van der Waals surface area contributed by atoms with Crippen LogP contribution in [-0.4, -0.2) is 52.3 Å². The maximum Gasteiger partial charge on any atom is 0.317 e. The molecule has 0 heterocycles. The Morgan fingerprint density at radius 1 is 1.37 bits per heavy atom. The van der Waals surface area contributed by atoms with Crippen LogP contribution < -0.4 is 5.32 Å². The van der Waals surface area contributed by atoms with Gasteiger partial charge in [0.25, 0.3) is 0 Å². The Morgan fingerprint density at radius 2 is 2.05 bits per heavy atom. The first-order chi connectivity index (χ1) is 8.95. The molecular weight excluding hydrogens is 248 g/mol. The lowest BCUT2D eigenvalue weighted by Crippen LogP contribution is -2.47. The van der Waals surface area contributed by atoms with Gasteiger partial charge >= 0.3 is 12.0 Å². The average Bonchev–Trinajstić information content (AvgIpc) is 2.77. The first kappa shape index (κ1) is 15.8. The van der Waals surface area contributed by atoms with E-state index in [4.69, 9.17) is 10.2 Å². The van der Waals surface area contributed by atoms with Crippen molar-refractivity contribution >= 4 is 12.0 Å². The Hall–Kier alpha value is -1.30. The SMILES string of the molecule is CC(C)N(CCCO)C(=O)N[C@H]1CC[C@@H](C(=O)O)C1. The van der Waals surface area contributed by atoms with Gasteiger partial charge in [-0.2, -0.15) is 0 Å². The summed E-state index contributed by atoms with van der Waals surface area (Å²) in [5.74, 6) is -1.12. The van der Waals surface area contributed by atoms with Gasteiger partial charge in [0.2, 0.25) is 0 Å². The summed E-state index contributed by atoms with van der Waals surface area (Å²) in [5.41, 5.74) is 0. The van der Waals surface area contributed by atoms with Crippen molar-refractivity contribution in [2.24, 2.45) is 5.92 Å². The molecule has 0 unspecified atom stereocenters. The predicted molar refractivity (Wildman–Crippen MR) is 70.8 cm³/mol. The van der Waals surface area contributed by atoms with Gasteiger partial charge in [-0.1, -0.05) is 0 Å². The Kier molecular flexibility index (Phi) is 6.08. The molecule has 6 heteroatoms. The van der Waals surface area contributed by atoms with Crippen LogP contribution in [0.2, 0.25) is 0 Å². The van der Waals surface area contributed by atoms with Crippen LogP contribution in [0.1, 0.15) is 39.5 Å². The number of rotatable bonds is 6. The zero-order chi connectivity index (χ0) is 14.4. The van der Waals surface area contributed by atoms with Gasteiger partial charge in [-0.3, -0.25) is 4.79 Å². The topological polar surface area (TPSA) is 89.9 Å². The summed E-state index contributed by atoms with van der Waals surface area (Å²) in [4.78, 5) is 24.6. The van der Waals surface area contributed by atoms with Crippen molar-refractivity contribution in [3.63, 3.8) is 0 Å². The van der Waals surface area contributed by atoms with Crippen LogP contribution in [0.4, 0.5) is 4.79 Å². The first-order valence-corrected chi connectivity index (χ1v) is 6.86. The number of aliphatic hydroxyl groups excluding tert-OH is 1. The molecule has 1 saturated carbocycles. The standard InChI is InChI=1S/C13H24N2O4/c1-9(2)15(6-3-7-16)13(19)14-11-5-4-10(8-11)12(17)18/h9-11,16H,3-8H2,1-2H3,(H,14,19)(H,17,18)/t10-,11+/m1/s1. The van der Waals surface area contributed by atoms with Gasteiger partial charge in [0, 0.05) is 25.2 Å². The maximum absolute atomic E-state index is 12.1. The van der Waals surface area contributed by atoms with E-state index in [9.17, 15) is 9.59 Å². The van der Waals surface area contributed by atoms with Gasteiger partial charge in [0.1, 0.15) is 0 Å². The molecule has 1 rings (SSSR count). The summed E-state index contributed by atoms with van der Waals surface area (Å²) < 4.78 is 0. The van der Waals surface area contributed by atoms with Crippen molar-refractivity contribution in [3.8, 4) is 0 Å². The number of carboxylic acids is 1. The number of carboxylic acid groups (broad SMARTS) is 1. The van der Waals surface area contributed by atoms with E-state index in [1.54, 1.807) is 4.90 Å². The molecule has 19 heavy (non-hydrogen) atoms. The molecule has 1 fully saturated rings. The number of hydrogen-bond acceptors (Lipinski definition) is 3. The second-order valence-electron chi connectivity index (χ2n) is 5.36. The molecule has 0 aromatic rings. The highest BCUT2D eigenvalue weighted by Gasteiger charge is 2.31. The molecule has 2 atom stereocenters. The van der Waals surface area contributed by atoms with Crippen LogP contribution >= 0.6 is 0 Å². The van der Waals surface area contributed by atoms with E-state index in [-0.39, 0.29) is 30.6 Å². The van der Waals surface area contributed by atoms with Gasteiger partial charge in [0.15, 0.2) is 0 Å². The molecule has 110 valence electrons. The molecule has 0 bridgehead atoms. The average molecular weight is 272 g/mol. The van der Waals surface area contributed by atoms with Gasteiger partial charge in [-0.05, 0) is 39.5 Å². The molecule has 0 aromatic heterocycles. The van der Waals surface area contributed by atoms with Gasteiger partial charge in [0.05, 0.1) is 5.92 Å². The lowest BCUT2D eigenvalue weighted by atomic mass is 10.1. The number of carbonyl (C=O) groups is 2. The van der Waals surface area contributed by atoms with Crippen molar-refractivity contribution in [1.82, 2.24) is 10.2 Å². The van der Waals surface area contributed by atoms with Crippen molar-refractivity contribution in [2.45, 2.75) is 51.6 Å². The van der Waals surface area contributed by atoms with Crippen molar-refractivity contribution in [1.29, 1.82) is 0 Å². The lowest BCUT2D eigenvalue weighted by molar-refractivity contribution is -0.141. The van der Waals surface area contributed by atoms with Crippen LogP contribution in [0, 0.1) is 5.92 Å². The summed E-state index contributed by atoms with van der Waals surface area (Å²) in [6.45, 7) is 4.41. The van der Waals surface area contributed by atoms with Crippen molar-refractivity contribution in [3.05, 3.63) is 0 Å². The number of aliphatic carboxylic acids is 1. The van der Waals surface area contributed by atoms with Crippen LogP contribution in [-0.2, 0) is 4.79 Å². The van der Waals surface area contributed by atoms with E-state index in [0.717, 1.165) is 0 Å². The summed E-state index contributed by atoms with van der Waals surface area (Å²) in [7, 11) is 0. The second-order valence-corrected chi connectivity index (χ2v) is 5.36. The van der Waals surface area contributed by atoms with Crippen molar-refractivity contribution in [2.75, 3.05) is 13.2 Å². The molecule has 0 radical (unpaired) electrons. The Bertz CT molecular complexity index is 320. The molecule has 0 saturated heterocycles. The van der Waals surface area contributed by atoms with Crippen LogP contribution in [0.3, 0.4) is 0 Å². The third-order valence-electron chi connectivity index (χ3n) is 3.55. The van der Waals surface area contributed by atoms with Crippen LogP contribution in [0.25, 0.3) is 0 Å². The van der Waals surface area contributed by atoms with Gasteiger partial charge in [-0.15, -0.1) is 0 Å². The van der Waals surface area contributed by atoms with E-state index in [0.29, 0.717) is 32.2 Å². The molecule has 0 spiro atoms. The minimum Gasteiger partial charge on any atom is -0.481 e. The summed E-state index contributed by atoms with van der Waals surface area (Å²) in [6, 6.07) is -0.160. The highest BCUT2D eigenvalue weighted by atomic mass is 16.4. The molecule has 2 amide bonds. The number of amides is 2. The van der Waals surface area contributed by atoms with Crippen molar-refractivity contribution < 1.29 is 19.8 Å². The molecule has 0 aliphatic heterocycles. The number of carbonyl (C=O) groups excluding carboxylic acids is 1. The van der Waals surface area contributed by atoms with Gasteiger partial charge in [-0.25, -0.2) is 4.79 Å². The van der Waals surface area contributed by atoms with Crippen LogP contribution in [0.15, 0.2) is 0 Å². The minimum atomic E-state index is -0.780. The quantitative estimate of drug-likeness (QED) is 0.674. The highest BCUT2D eigenvalue weighted by molar-refractivity contribution is 5.75. The summed E-state index contributed by atoms with van der Waals surface area (Å²) in [6.07, 6.45) is 2.40. The van der Waals surface area contributed by atoms with Gasteiger partial charge < -0.3 is 20.4 Å². The van der Waals surface area contributed by atoms with E-state index < -0.39 is 5.97 Å². The number of aliphatic hydroxyl groups is 1. The van der Waals surface area contributed by atoms with E-state index in [2.05, 4.69) is 5.32 Å². The van der Waals surface area contributed by atoms with E-state index in [1.807, 2.05) is 13.8 Å². The number of nitrogens with zero attached hydrogens (tertiary/aromatic N) is 1. The van der Waals surface area contributed by atoms with E-state index >= 15 is 0 Å². The summed E-state index contributed by atoms with van der Waals surface area (Å²) in [5, 5.41) is 20.7. The normalized spacial score (nSPS) is 22.5. The number of hydrogen-bond donors (Lipinski definition) is 3. The van der Waals surface area contributed by atoms with Crippen LogP contribution in [0.5, 0.6) is 0 Å².